The fourth-order valence-electron chi connectivity index (χ4n) is 1.95. The van der Waals surface area contributed by atoms with Gasteiger partial charge in [0, 0.05) is 5.92 Å². The minimum absolute atomic E-state index is 0.0301. The van der Waals surface area contributed by atoms with E-state index in [-0.39, 0.29) is 29.0 Å². The van der Waals surface area contributed by atoms with Gasteiger partial charge < -0.3 is 5.32 Å². The first-order valence-corrected chi connectivity index (χ1v) is 7.56. The highest BCUT2D eigenvalue weighted by Crippen LogP contribution is 2.21. The van der Waals surface area contributed by atoms with Gasteiger partial charge in [-0.15, -0.1) is 0 Å². The van der Waals surface area contributed by atoms with Gasteiger partial charge in [-0.2, -0.15) is 0 Å². The van der Waals surface area contributed by atoms with Gasteiger partial charge in [-0.3, -0.25) is 4.79 Å². The van der Waals surface area contributed by atoms with Crippen LogP contribution in [-0.2, 0) is 14.6 Å². The summed E-state index contributed by atoms with van der Waals surface area (Å²) in [7, 11) is -2.98. The molecule has 0 spiro atoms. The molecule has 6 heteroatoms. The Morgan fingerprint density at radius 3 is 2.44 bits per heavy atom. The van der Waals surface area contributed by atoms with Gasteiger partial charge in [-0.25, -0.2) is 12.8 Å². The highest BCUT2D eigenvalue weighted by Gasteiger charge is 2.28. The highest BCUT2D eigenvalue weighted by molar-refractivity contribution is 7.91. The molecule has 1 fully saturated rings. The van der Waals surface area contributed by atoms with E-state index in [1.165, 1.54) is 18.2 Å². The van der Waals surface area contributed by atoms with E-state index >= 15 is 0 Å². The van der Waals surface area contributed by atoms with E-state index in [1.54, 1.807) is 6.07 Å². The summed E-state index contributed by atoms with van der Waals surface area (Å²) < 4.78 is 35.8. The molecule has 0 aliphatic carbocycles. The second-order valence-corrected chi connectivity index (χ2v) is 6.70. The van der Waals surface area contributed by atoms with Crippen molar-refractivity contribution >= 4 is 21.4 Å². The molecule has 98 valence electrons. The van der Waals surface area contributed by atoms with E-state index < -0.39 is 15.7 Å². The predicted molar refractivity (Wildman–Crippen MR) is 66.4 cm³/mol. The largest absolute Gasteiger partial charge is 0.323 e. The van der Waals surface area contributed by atoms with Crippen molar-refractivity contribution in [2.75, 3.05) is 16.8 Å². The summed E-state index contributed by atoms with van der Waals surface area (Å²) in [5, 5.41) is 2.50. The summed E-state index contributed by atoms with van der Waals surface area (Å²) in [5.74, 6) is -1.09. The molecule has 1 aliphatic heterocycles. The lowest BCUT2D eigenvalue weighted by molar-refractivity contribution is -0.120. The van der Waals surface area contributed by atoms with Gasteiger partial charge in [0.15, 0.2) is 0 Å². The topological polar surface area (TPSA) is 63.2 Å². The van der Waals surface area contributed by atoms with Crippen LogP contribution in [0.1, 0.15) is 12.8 Å². The average molecular weight is 271 g/mol. The zero-order chi connectivity index (χ0) is 13.2. The van der Waals surface area contributed by atoms with Crippen molar-refractivity contribution in [3.63, 3.8) is 0 Å². The number of anilines is 1. The zero-order valence-electron chi connectivity index (χ0n) is 9.73. The van der Waals surface area contributed by atoms with Crippen molar-refractivity contribution in [1.29, 1.82) is 0 Å². The van der Waals surface area contributed by atoms with Gasteiger partial charge in [0.2, 0.25) is 5.91 Å². The lowest BCUT2D eigenvalue weighted by Gasteiger charge is -2.21. The van der Waals surface area contributed by atoms with Gasteiger partial charge in [0.05, 0.1) is 17.2 Å². The number of benzene rings is 1. The molecule has 4 nitrogen and oxygen atoms in total. The molecular formula is C12H14FNO3S. The van der Waals surface area contributed by atoms with E-state index in [9.17, 15) is 17.6 Å². The third kappa shape index (κ3) is 3.07. The van der Waals surface area contributed by atoms with Crippen molar-refractivity contribution in [3.8, 4) is 0 Å². The standard InChI is InChI=1S/C12H14FNO3S/c13-10-3-1-2-4-11(10)14-12(15)9-5-7-18(16,17)8-6-9/h1-4,9H,5-8H2,(H,14,15). The summed E-state index contributed by atoms with van der Waals surface area (Å²) in [4.78, 5) is 11.9. The molecule has 0 atom stereocenters. The Kier molecular flexibility index (Phi) is 3.65. The molecule has 1 N–H and O–H groups in total. The Bertz CT molecular complexity index is 542. The lowest BCUT2D eigenvalue weighted by Crippen LogP contribution is -2.32. The number of carbonyl (C=O) groups is 1. The van der Waals surface area contributed by atoms with Crippen LogP contribution in [0.15, 0.2) is 24.3 Å². The number of amides is 1. The molecular weight excluding hydrogens is 257 g/mol. The zero-order valence-corrected chi connectivity index (χ0v) is 10.5. The van der Waals surface area contributed by atoms with Crippen LogP contribution in [0.4, 0.5) is 10.1 Å². The van der Waals surface area contributed by atoms with E-state index in [4.69, 9.17) is 0 Å². The highest BCUT2D eigenvalue weighted by atomic mass is 32.2. The summed E-state index contributed by atoms with van der Waals surface area (Å²) in [6.45, 7) is 0. The molecule has 1 heterocycles. The Morgan fingerprint density at radius 1 is 1.22 bits per heavy atom. The first-order chi connectivity index (χ1) is 8.48. The number of carbonyl (C=O) groups excluding carboxylic acids is 1. The van der Waals surface area contributed by atoms with Crippen molar-refractivity contribution in [2.45, 2.75) is 12.8 Å². The molecule has 1 amide bonds. The van der Waals surface area contributed by atoms with Crippen LogP contribution in [0, 0.1) is 11.7 Å². The second-order valence-electron chi connectivity index (χ2n) is 4.40. The average Bonchev–Trinajstić information content (AvgIpc) is 2.32. The molecule has 2 rings (SSSR count). The Labute approximate surface area is 105 Å². The monoisotopic (exact) mass is 271 g/mol. The maximum atomic E-state index is 13.3. The summed E-state index contributed by atoms with van der Waals surface area (Å²) in [6.07, 6.45) is 0.616. The van der Waals surface area contributed by atoms with Gasteiger partial charge in [-0.1, -0.05) is 12.1 Å². The molecule has 0 unspecified atom stereocenters. The van der Waals surface area contributed by atoms with Crippen molar-refractivity contribution in [1.82, 2.24) is 0 Å². The third-order valence-electron chi connectivity index (χ3n) is 3.06. The Morgan fingerprint density at radius 2 is 1.83 bits per heavy atom. The number of halogens is 1. The van der Waals surface area contributed by atoms with Gasteiger partial charge in [-0.05, 0) is 25.0 Å². The first-order valence-electron chi connectivity index (χ1n) is 5.74. The SMILES string of the molecule is O=C(Nc1ccccc1F)C1CCS(=O)(=O)CC1. The molecule has 1 aromatic rings. The van der Waals surface area contributed by atoms with E-state index in [0.29, 0.717) is 12.8 Å². The number of hydrogen-bond acceptors (Lipinski definition) is 3. The van der Waals surface area contributed by atoms with Crippen molar-refractivity contribution in [2.24, 2.45) is 5.92 Å². The molecule has 1 saturated heterocycles. The van der Waals surface area contributed by atoms with Crippen LogP contribution in [0.5, 0.6) is 0 Å². The lowest BCUT2D eigenvalue weighted by atomic mass is 10.0. The van der Waals surface area contributed by atoms with Gasteiger partial charge in [0.1, 0.15) is 15.7 Å². The van der Waals surface area contributed by atoms with Gasteiger partial charge >= 0.3 is 0 Å². The Hall–Kier alpha value is -1.43. The van der Waals surface area contributed by atoms with E-state index in [0.717, 1.165) is 0 Å². The molecule has 0 saturated carbocycles. The van der Waals surface area contributed by atoms with Crippen LogP contribution in [0.2, 0.25) is 0 Å². The van der Waals surface area contributed by atoms with Crippen molar-refractivity contribution < 1.29 is 17.6 Å². The molecule has 0 radical (unpaired) electrons. The molecule has 0 aromatic heterocycles. The van der Waals surface area contributed by atoms with Crippen LogP contribution in [-0.4, -0.2) is 25.8 Å². The number of hydrogen-bond donors (Lipinski definition) is 1. The second kappa shape index (κ2) is 5.06. The van der Waals surface area contributed by atoms with Crippen LogP contribution in [0.3, 0.4) is 0 Å². The summed E-state index contributed by atoms with van der Waals surface area (Å²) >= 11 is 0. The maximum absolute atomic E-state index is 13.3. The summed E-state index contributed by atoms with van der Waals surface area (Å²) in [5.41, 5.74) is 0.135. The fraction of sp³-hybridized carbons (Fsp3) is 0.417. The molecule has 18 heavy (non-hydrogen) atoms. The number of para-hydroxylation sites is 1. The summed E-state index contributed by atoms with van der Waals surface area (Å²) in [6, 6.07) is 5.91. The van der Waals surface area contributed by atoms with Crippen LogP contribution in [0.25, 0.3) is 0 Å². The minimum atomic E-state index is -2.98. The normalized spacial score (nSPS) is 19.4. The van der Waals surface area contributed by atoms with E-state index in [1.807, 2.05) is 0 Å². The number of rotatable bonds is 2. The minimum Gasteiger partial charge on any atom is -0.323 e. The quantitative estimate of drug-likeness (QED) is 0.888. The first kappa shape index (κ1) is 13.0. The molecule has 1 aromatic carbocycles. The number of nitrogens with one attached hydrogen (secondary N) is 1. The number of sulfone groups is 1. The van der Waals surface area contributed by atoms with Gasteiger partial charge in [0.25, 0.3) is 0 Å². The van der Waals surface area contributed by atoms with Crippen LogP contribution < -0.4 is 5.32 Å². The molecule has 0 bridgehead atoms. The van der Waals surface area contributed by atoms with Crippen molar-refractivity contribution in [3.05, 3.63) is 30.1 Å². The Balaban J connectivity index is 2.00. The third-order valence-corrected chi connectivity index (χ3v) is 4.77. The van der Waals surface area contributed by atoms with E-state index in [2.05, 4.69) is 5.32 Å². The molecule has 1 aliphatic rings. The van der Waals surface area contributed by atoms with Crippen LogP contribution >= 0.6 is 0 Å². The maximum Gasteiger partial charge on any atom is 0.227 e. The predicted octanol–water partition coefficient (Wildman–Crippen LogP) is 1.59. The fourth-order valence-corrected chi connectivity index (χ4v) is 3.44. The smallest absolute Gasteiger partial charge is 0.227 e.